The molecule has 0 radical (unpaired) electrons. The average molecular weight is 551 g/mol. The van der Waals surface area contributed by atoms with Crippen LogP contribution in [-0.2, 0) is 16.0 Å². The number of carboxylic acids is 1. The number of carbonyl (C=O) groups excluding carboxylic acids is 1. The quantitative estimate of drug-likeness (QED) is 0.278. The van der Waals surface area contributed by atoms with Gasteiger partial charge in [0.05, 0.1) is 12.2 Å². The molecule has 4 aliphatic rings. The van der Waals surface area contributed by atoms with E-state index in [1.807, 2.05) is 12.1 Å². The highest BCUT2D eigenvalue weighted by molar-refractivity contribution is 5.91. The van der Waals surface area contributed by atoms with Gasteiger partial charge in [-0.3, -0.25) is 9.59 Å². The highest BCUT2D eigenvalue weighted by atomic mass is 16.5. The Morgan fingerprint density at radius 3 is 2.62 bits per heavy atom. The number of carboxylic acid groups (broad SMARTS) is 1. The van der Waals surface area contributed by atoms with Gasteiger partial charge >= 0.3 is 5.97 Å². The zero-order valence-corrected chi connectivity index (χ0v) is 24.9. The predicted molar refractivity (Wildman–Crippen MR) is 157 cm³/mol. The molecule has 7 atom stereocenters. The van der Waals surface area contributed by atoms with E-state index in [1.54, 1.807) is 0 Å². The molecule has 2 N–H and O–H groups in total. The molecule has 0 heterocycles. The molecule has 0 amide bonds. The van der Waals surface area contributed by atoms with E-state index in [4.69, 9.17) is 9.84 Å². The molecule has 0 aliphatic heterocycles. The van der Waals surface area contributed by atoms with Gasteiger partial charge in [-0.2, -0.15) is 0 Å². The Hall–Kier alpha value is -2.14. The third-order valence-electron chi connectivity index (χ3n) is 11.9. The number of ether oxygens (including phenoxy) is 1. The number of aliphatic carboxylic acids is 1. The molecular formula is C35H50O5. The van der Waals surface area contributed by atoms with E-state index in [-0.39, 0.29) is 17.3 Å². The van der Waals surface area contributed by atoms with Gasteiger partial charge in [-0.15, -0.1) is 0 Å². The number of allylic oxidation sites excluding steroid dienone is 1. The summed E-state index contributed by atoms with van der Waals surface area (Å²) in [5, 5.41) is 20.2. The van der Waals surface area contributed by atoms with Crippen LogP contribution in [0.25, 0.3) is 0 Å². The molecule has 220 valence electrons. The van der Waals surface area contributed by atoms with Crippen molar-refractivity contribution >= 4 is 11.8 Å². The number of benzene rings is 1. The first-order valence-corrected chi connectivity index (χ1v) is 15.9. The fourth-order valence-electron chi connectivity index (χ4n) is 9.34. The molecule has 40 heavy (non-hydrogen) atoms. The van der Waals surface area contributed by atoms with Crippen molar-refractivity contribution in [2.75, 3.05) is 6.61 Å². The van der Waals surface area contributed by atoms with E-state index in [1.165, 1.54) is 30.4 Å². The number of fused-ring (bicyclic) bond motifs is 5. The van der Waals surface area contributed by atoms with Crippen LogP contribution in [0.5, 0.6) is 5.75 Å². The first kappa shape index (κ1) is 29.4. The maximum atomic E-state index is 12.5. The SMILES string of the molecule is C[C@]12CCC(=O)C=C1CC(CCCCc1cccc(OCCCCC(=O)O)c1)C1C2CC[C@@]2(C)C1CC[C@]2(C)O. The van der Waals surface area contributed by atoms with Gasteiger partial charge in [0.2, 0.25) is 0 Å². The Bertz CT molecular complexity index is 1120. The zero-order valence-electron chi connectivity index (χ0n) is 24.9. The monoisotopic (exact) mass is 550 g/mol. The Labute approximate surface area is 240 Å². The van der Waals surface area contributed by atoms with Crippen molar-refractivity contribution in [2.45, 2.75) is 116 Å². The number of ketones is 1. The van der Waals surface area contributed by atoms with Gasteiger partial charge in [-0.25, -0.2) is 0 Å². The third-order valence-corrected chi connectivity index (χ3v) is 11.9. The molecule has 0 saturated heterocycles. The zero-order chi connectivity index (χ0) is 28.5. The van der Waals surface area contributed by atoms with Crippen LogP contribution in [0.2, 0.25) is 0 Å². The lowest BCUT2D eigenvalue weighted by Gasteiger charge is -2.61. The Morgan fingerprint density at radius 2 is 1.82 bits per heavy atom. The molecule has 0 aromatic heterocycles. The fourth-order valence-corrected chi connectivity index (χ4v) is 9.34. The maximum Gasteiger partial charge on any atom is 0.303 e. The molecule has 3 fully saturated rings. The fraction of sp³-hybridized carbons (Fsp3) is 0.714. The van der Waals surface area contributed by atoms with Crippen molar-refractivity contribution in [1.29, 1.82) is 0 Å². The van der Waals surface area contributed by atoms with Crippen LogP contribution < -0.4 is 4.74 Å². The molecule has 0 spiro atoms. The summed E-state index contributed by atoms with van der Waals surface area (Å²) in [7, 11) is 0. The number of carbonyl (C=O) groups is 2. The second-order valence-electron chi connectivity index (χ2n) is 14.2. The molecule has 5 rings (SSSR count). The topological polar surface area (TPSA) is 83.8 Å². The number of unbranched alkanes of at least 4 members (excludes halogenated alkanes) is 2. The predicted octanol–water partition coefficient (Wildman–Crippen LogP) is 7.54. The largest absolute Gasteiger partial charge is 0.494 e. The van der Waals surface area contributed by atoms with Crippen LogP contribution in [0.4, 0.5) is 0 Å². The summed E-state index contributed by atoms with van der Waals surface area (Å²) in [6, 6.07) is 8.33. The number of rotatable bonds is 11. The normalized spacial score (nSPS) is 36.8. The second-order valence-corrected chi connectivity index (χ2v) is 14.2. The molecule has 4 aliphatic carbocycles. The lowest BCUT2D eigenvalue weighted by atomic mass is 9.44. The lowest BCUT2D eigenvalue weighted by molar-refractivity contribution is -0.137. The van der Waals surface area contributed by atoms with Crippen LogP contribution in [0.3, 0.4) is 0 Å². The van der Waals surface area contributed by atoms with Crippen LogP contribution in [-0.4, -0.2) is 34.2 Å². The second kappa shape index (κ2) is 11.6. The molecule has 0 bridgehead atoms. The van der Waals surface area contributed by atoms with Gasteiger partial charge in [-0.05, 0) is 136 Å². The number of aryl methyl sites for hydroxylation is 1. The van der Waals surface area contributed by atoms with E-state index < -0.39 is 11.6 Å². The van der Waals surface area contributed by atoms with Crippen LogP contribution >= 0.6 is 0 Å². The van der Waals surface area contributed by atoms with Crippen LogP contribution in [0.1, 0.15) is 110 Å². The summed E-state index contributed by atoms with van der Waals surface area (Å²) in [5.74, 6) is 2.86. The van der Waals surface area contributed by atoms with E-state index in [0.29, 0.717) is 48.9 Å². The van der Waals surface area contributed by atoms with Crippen molar-refractivity contribution in [1.82, 2.24) is 0 Å². The highest BCUT2D eigenvalue weighted by Crippen LogP contribution is 2.69. The van der Waals surface area contributed by atoms with Gasteiger partial charge in [0.1, 0.15) is 5.75 Å². The van der Waals surface area contributed by atoms with Gasteiger partial charge in [0, 0.05) is 12.8 Å². The van der Waals surface area contributed by atoms with Crippen molar-refractivity contribution in [3.05, 3.63) is 41.5 Å². The van der Waals surface area contributed by atoms with Crippen molar-refractivity contribution in [3.8, 4) is 5.75 Å². The van der Waals surface area contributed by atoms with E-state index in [9.17, 15) is 14.7 Å². The van der Waals surface area contributed by atoms with E-state index >= 15 is 0 Å². The van der Waals surface area contributed by atoms with Gasteiger partial charge in [0.25, 0.3) is 0 Å². The lowest BCUT2D eigenvalue weighted by Crippen LogP contribution is -2.56. The smallest absolute Gasteiger partial charge is 0.303 e. The maximum absolute atomic E-state index is 12.5. The number of aliphatic hydroxyl groups is 1. The summed E-state index contributed by atoms with van der Waals surface area (Å²) in [6.45, 7) is 7.46. The Kier molecular flexibility index (Phi) is 8.53. The summed E-state index contributed by atoms with van der Waals surface area (Å²) in [4.78, 5) is 23.2. The van der Waals surface area contributed by atoms with E-state index in [2.05, 4.69) is 39.0 Å². The number of hydrogen-bond acceptors (Lipinski definition) is 4. The molecule has 1 aromatic carbocycles. The minimum absolute atomic E-state index is 0.00252. The van der Waals surface area contributed by atoms with Gasteiger partial charge in [0.15, 0.2) is 5.78 Å². The minimum atomic E-state index is -0.753. The van der Waals surface area contributed by atoms with Crippen molar-refractivity contribution < 1.29 is 24.5 Å². The molecule has 3 saturated carbocycles. The molecule has 5 heteroatoms. The molecule has 5 nitrogen and oxygen atoms in total. The van der Waals surface area contributed by atoms with Crippen LogP contribution in [0, 0.1) is 34.5 Å². The van der Waals surface area contributed by atoms with Crippen molar-refractivity contribution in [3.63, 3.8) is 0 Å². The Morgan fingerprint density at radius 1 is 1.02 bits per heavy atom. The first-order valence-electron chi connectivity index (χ1n) is 15.9. The minimum Gasteiger partial charge on any atom is -0.494 e. The molecular weight excluding hydrogens is 500 g/mol. The van der Waals surface area contributed by atoms with E-state index in [0.717, 1.165) is 57.1 Å². The van der Waals surface area contributed by atoms with Gasteiger partial charge in [-0.1, -0.05) is 38.0 Å². The molecule has 1 aromatic rings. The average Bonchev–Trinajstić information content (AvgIpc) is 3.15. The summed E-state index contributed by atoms with van der Waals surface area (Å²) < 4.78 is 5.88. The Balaban J connectivity index is 1.22. The summed E-state index contributed by atoms with van der Waals surface area (Å²) in [5.41, 5.74) is 2.30. The highest BCUT2D eigenvalue weighted by Gasteiger charge is 2.64. The molecule has 4 unspecified atom stereocenters. The van der Waals surface area contributed by atoms with Crippen molar-refractivity contribution in [2.24, 2.45) is 34.5 Å². The van der Waals surface area contributed by atoms with Gasteiger partial charge < -0.3 is 14.9 Å². The number of hydrogen-bond donors (Lipinski definition) is 2. The standard InChI is InChI=1S/C35H50O5/c1-33-17-14-27(36)23-26(33)22-25(32-29(33)15-18-34(2)30(32)16-19-35(34,3)39)11-5-4-9-24-10-8-12-28(21-24)40-20-7-6-13-31(37)38/h8,10,12,21,23,25,29-30,32,39H,4-7,9,11,13-20,22H2,1-3H3,(H,37,38)/t25?,29?,30?,32?,33-,34-,35-/m0/s1. The summed E-state index contributed by atoms with van der Waals surface area (Å²) in [6.07, 6.45) is 15.2. The summed E-state index contributed by atoms with van der Waals surface area (Å²) >= 11 is 0. The third kappa shape index (κ3) is 5.65. The first-order chi connectivity index (χ1) is 19.0. The van der Waals surface area contributed by atoms with Crippen LogP contribution in [0.15, 0.2) is 35.9 Å².